The van der Waals surface area contributed by atoms with Crippen molar-refractivity contribution < 1.29 is 4.79 Å². The van der Waals surface area contributed by atoms with Gasteiger partial charge in [0.2, 0.25) is 5.91 Å². The molecule has 0 saturated carbocycles. The number of aryl methyl sites for hydroxylation is 2. The van der Waals surface area contributed by atoms with Crippen molar-refractivity contribution in [2.45, 2.75) is 50.8 Å². The second-order valence-electron chi connectivity index (χ2n) is 6.76. The lowest BCUT2D eigenvalue weighted by Crippen LogP contribution is -2.24. The van der Waals surface area contributed by atoms with Gasteiger partial charge in [0.05, 0.1) is 0 Å². The number of thioether (sulfide) groups is 1. The fraction of sp³-hybridized carbons (Fsp3) is 0.409. The standard InChI is InChI=1S/C22H29NOS/c1-17(2)20-10-8-19(9-11-20)5-4-15-23-22(24)14-16-25-21-12-6-18(3)7-13-21/h6-13,17H,4-5,14-16H2,1-3H3,(H,23,24). The lowest BCUT2D eigenvalue weighted by atomic mass is 10.0. The molecule has 2 aromatic carbocycles. The molecule has 0 spiro atoms. The van der Waals surface area contributed by atoms with E-state index in [0.717, 1.165) is 25.1 Å². The van der Waals surface area contributed by atoms with E-state index in [0.29, 0.717) is 12.3 Å². The van der Waals surface area contributed by atoms with Crippen molar-refractivity contribution in [3.05, 3.63) is 65.2 Å². The highest BCUT2D eigenvalue weighted by molar-refractivity contribution is 7.99. The molecule has 1 N–H and O–H groups in total. The fourth-order valence-electron chi connectivity index (χ4n) is 2.57. The molecule has 134 valence electrons. The second-order valence-corrected chi connectivity index (χ2v) is 7.93. The molecule has 0 aliphatic rings. The Labute approximate surface area is 156 Å². The van der Waals surface area contributed by atoms with Crippen LogP contribution in [-0.2, 0) is 11.2 Å². The summed E-state index contributed by atoms with van der Waals surface area (Å²) < 4.78 is 0. The van der Waals surface area contributed by atoms with Crippen LogP contribution in [0.2, 0.25) is 0 Å². The van der Waals surface area contributed by atoms with Crippen LogP contribution >= 0.6 is 11.8 Å². The van der Waals surface area contributed by atoms with E-state index in [1.165, 1.54) is 21.6 Å². The number of rotatable bonds is 9. The van der Waals surface area contributed by atoms with Gasteiger partial charge >= 0.3 is 0 Å². The maximum Gasteiger partial charge on any atom is 0.220 e. The highest BCUT2D eigenvalue weighted by atomic mass is 32.2. The molecule has 25 heavy (non-hydrogen) atoms. The lowest BCUT2D eigenvalue weighted by Gasteiger charge is -2.08. The van der Waals surface area contributed by atoms with Crippen LogP contribution in [0.4, 0.5) is 0 Å². The van der Waals surface area contributed by atoms with E-state index in [-0.39, 0.29) is 5.91 Å². The van der Waals surface area contributed by atoms with Gasteiger partial charge in [0.1, 0.15) is 0 Å². The molecule has 3 heteroatoms. The van der Waals surface area contributed by atoms with Gasteiger partial charge in [-0.3, -0.25) is 4.79 Å². The van der Waals surface area contributed by atoms with Gasteiger partial charge in [0, 0.05) is 23.6 Å². The summed E-state index contributed by atoms with van der Waals surface area (Å²) in [6, 6.07) is 17.3. The van der Waals surface area contributed by atoms with E-state index >= 15 is 0 Å². The van der Waals surface area contributed by atoms with Crippen LogP contribution in [0.3, 0.4) is 0 Å². The van der Waals surface area contributed by atoms with Crippen molar-refractivity contribution in [1.82, 2.24) is 5.32 Å². The Morgan fingerprint density at radius 1 is 1.04 bits per heavy atom. The molecule has 1 amide bonds. The summed E-state index contributed by atoms with van der Waals surface area (Å²) in [7, 11) is 0. The van der Waals surface area contributed by atoms with Crippen LogP contribution < -0.4 is 5.32 Å². The van der Waals surface area contributed by atoms with Crippen LogP contribution in [0.25, 0.3) is 0 Å². The predicted octanol–water partition coefficient (Wildman–Crippen LogP) is 5.35. The fourth-order valence-corrected chi connectivity index (χ4v) is 3.43. The molecule has 0 heterocycles. The van der Waals surface area contributed by atoms with Crippen molar-refractivity contribution in [2.75, 3.05) is 12.3 Å². The minimum atomic E-state index is 0.148. The Kier molecular flexibility index (Phi) is 8.07. The van der Waals surface area contributed by atoms with Gasteiger partial charge in [-0.05, 0) is 48.9 Å². The van der Waals surface area contributed by atoms with Crippen LogP contribution in [0, 0.1) is 6.92 Å². The number of benzene rings is 2. The lowest BCUT2D eigenvalue weighted by molar-refractivity contribution is -0.120. The summed E-state index contributed by atoms with van der Waals surface area (Å²) >= 11 is 1.74. The minimum Gasteiger partial charge on any atom is -0.356 e. The Hall–Kier alpha value is -1.74. The Morgan fingerprint density at radius 2 is 1.72 bits per heavy atom. The molecule has 2 rings (SSSR count). The summed E-state index contributed by atoms with van der Waals surface area (Å²) in [4.78, 5) is 13.1. The zero-order valence-corrected chi connectivity index (χ0v) is 16.4. The van der Waals surface area contributed by atoms with Crippen molar-refractivity contribution in [2.24, 2.45) is 0 Å². The second kappa shape index (κ2) is 10.3. The quantitative estimate of drug-likeness (QED) is 0.485. The smallest absolute Gasteiger partial charge is 0.220 e. The van der Waals surface area contributed by atoms with E-state index in [1.807, 2.05) is 0 Å². The molecule has 0 bridgehead atoms. The molecular formula is C22H29NOS. The van der Waals surface area contributed by atoms with Crippen molar-refractivity contribution in [3.63, 3.8) is 0 Å². The monoisotopic (exact) mass is 355 g/mol. The first-order valence-electron chi connectivity index (χ1n) is 9.09. The Bertz CT molecular complexity index is 647. The van der Waals surface area contributed by atoms with Gasteiger partial charge in [-0.2, -0.15) is 0 Å². The maximum absolute atomic E-state index is 11.9. The maximum atomic E-state index is 11.9. The minimum absolute atomic E-state index is 0.148. The number of carbonyl (C=O) groups excluding carboxylic acids is 1. The zero-order valence-electron chi connectivity index (χ0n) is 15.5. The summed E-state index contributed by atoms with van der Waals surface area (Å²) in [5.74, 6) is 1.55. The van der Waals surface area contributed by atoms with Crippen LogP contribution in [0.1, 0.15) is 49.3 Å². The summed E-state index contributed by atoms with van der Waals surface area (Å²) in [6.45, 7) is 7.25. The summed E-state index contributed by atoms with van der Waals surface area (Å²) in [5, 5.41) is 3.03. The van der Waals surface area contributed by atoms with E-state index in [4.69, 9.17) is 0 Å². The molecule has 0 aliphatic heterocycles. The molecular weight excluding hydrogens is 326 g/mol. The number of amides is 1. The van der Waals surface area contributed by atoms with Crippen LogP contribution in [0.15, 0.2) is 53.4 Å². The third-order valence-corrected chi connectivity index (χ3v) is 5.24. The van der Waals surface area contributed by atoms with Gasteiger partial charge < -0.3 is 5.32 Å². The number of hydrogen-bond donors (Lipinski definition) is 1. The van der Waals surface area contributed by atoms with Crippen molar-refractivity contribution >= 4 is 17.7 Å². The molecule has 0 fully saturated rings. The predicted molar refractivity (Wildman–Crippen MR) is 108 cm³/mol. The number of hydrogen-bond acceptors (Lipinski definition) is 2. The number of nitrogens with one attached hydrogen (secondary N) is 1. The first-order chi connectivity index (χ1) is 12.0. The van der Waals surface area contributed by atoms with Crippen LogP contribution in [-0.4, -0.2) is 18.2 Å². The van der Waals surface area contributed by atoms with E-state index in [9.17, 15) is 4.79 Å². The third kappa shape index (κ3) is 7.35. The average Bonchev–Trinajstić information content (AvgIpc) is 2.61. The molecule has 0 atom stereocenters. The molecule has 0 aromatic heterocycles. The summed E-state index contributed by atoms with van der Waals surface area (Å²) in [6.07, 6.45) is 2.57. The average molecular weight is 356 g/mol. The molecule has 0 unspecified atom stereocenters. The highest BCUT2D eigenvalue weighted by Crippen LogP contribution is 2.19. The third-order valence-electron chi connectivity index (χ3n) is 4.23. The van der Waals surface area contributed by atoms with Gasteiger partial charge in [-0.25, -0.2) is 0 Å². The first-order valence-corrected chi connectivity index (χ1v) is 10.1. The van der Waals surface area contributed by atoms with E-state index < -0.39 is 0 Å². The van der Waals surface area contributed by atoms with Gasteiger partial charge in [0.25, 0.3) is 0 Å². The summed E-state index contributed by atoms with van der Waals surface area (Å²) in [5.41, 5.74) is 3.98. The first kappa shape index (κ1) is 19.6. The normalized spacial score (nSPS) is 10.9. The molecule has 0 radical (unpaired) electrons. The molecule has 2 nitrogen and oxygen atoms in total. The van der Waals surface area contributed by atoms with Crippen LogP contribution in [0.5, 0.6) is 0 Å². The van der Waals surface area contributed by atoms with E-state index in [1.54, 1.807) is 11.8 Å². The Morgan fingerprint density at radius 3 is 2.36 bits per heavy atom. The topological polar surface area (TPSA) is 29.1 Å². The molecule has 0 aliphatic carbocycles. The van der Waals surface area contributed by atoms with Crippen molar-refractivity contribution in [1.29, 1.82) is 0 Å². The van der Waals surface area contributed by atoms with Gasteiger partial charge in [-0.1, -0.05) is 55.8 Å². The van der Waals surface area contributed by atoms with Gasteiger partial charge in [-0.15, -0.1) is 11.8 Å². The van der Waals surface area contributed by atoms with E-state index in [2.05, 4.69) is 74.6 Å². The molecule has 0 saturated heterocycles. The van der Waals surface area contributed by atoms with Gasteiger partial charge in [0.15, 0.2) is 0 Å². The number of carbonyl (C=O) groups is 1. The highest BCUT2D eigenvalue weighted by Gasteiger charge is 2.03. The zero-order chi connectivity index (χ0) is 18.1. The SMILES string of the molecule is Cc1ccc(SCCC(=O)NCCCc2ccc(C(C)C)cc2)cc1. The molecule has 2 aromatic rings. The van der Waals surface area contributed by atoms with Crippen molar-refractivity contribution in [3.8, 4) is 0 Å². The largest absolute Gasteiger partial charge is 0.356 e. The Balaban J connectivity index is 1.58.